The minimum Gasteiger partial charge on any atom is -0.478 e. The molecule has 1 N–H and O–H groups in total. The average molecular weight is 629 g/mol. The van der Waals surface area contributed by atoms with E-state index in [1.165, 1.54) is 38.9 Å². The third-order valence-electron chi connectivity index (χ3n) is 6.19. The molecule has 3 aromatic carbocycles. The summed E-state index contributed by atoms with van der Waals surface area (Å²) in [5.74, 6) is -2.22. The Morgan fingerprint density at radius 1 is 0.717 bits per heavy atom. The molecular weight excluding hydrogens is 584 g/mol. The van der Waals surface area contributed by atoms with E-state index in [9.17, 15) is 24.3 Å². The number of carbonyl (C=O) groups excluding carboxylic acids is 3. The molecule has 46 heavy (non-hydrogen) atoms. The number of carboxylic acids is 1. The van der Waals surface area contributed by atoms with Crippen molar-refractivity contribution >= 4 is 35.0 Å². The predicted molar refractivity (Wildman–Crippen MR) is 181 cm³/mol. The minimum absolute atomic E-state index is 0.00755. The maximum Gasteiger partial charge on any atom is 0.345 e. The highest BCUT2D eigenvalue weighted by Gasteiger charge is 2.25. The van der Waals surface area contributed by atoms with E-state index >= 15 is 0 Å². The van der Waals surface area contributed by atoms with Crippen LogP contribution in [0.2, 0.25) is 0 Å². The molecule has 3 rings (SSSR count). The standard InChI is InChI=1S/C22H16O4.C11H20O2.C5H8O2/c23-21(24)19(16-10-4-1-5-11-16)20(17-12-6-2-7-13-17)22(25)26-18-14-8-3-9-15-18;1-3-5-6-7-8-9-10-13-11(12)4-2;1-4(2)5(6)7-3/h1-15H,(H,23,24);4H,2-3,5-10H2,1H3;1H2,2-3H3/b20-19-;;. The van der Waals surface area contributed by atoms with Crippen LogP contribution in [0.3, 0.4) is 0 Å². The Kier molecular flexibility index (Phi) is 19.5. The molecule has 244 valence electrons. The molecule has 3 aromatic rings. The number of methoxy groups -OCH3 is 1. The molecule has 0 amide bonds. The number of aliphatic carboxylic acids is 1. The summed E-state index contributed by atoms with van der Waals surface area (Å²) in [6.45, 7) is 11.0. The zero-order valence-electron chi connectivity index (χ0n) is 26.9. The largest absolute Gasteiger partial charge is 0.478 e. The summed E-state index contributed by atoms with van der Waals surface area (Å²) >= 11 is 0. The molecule has 8 heteroatoms. The molecule has 0 saturated heterocycles. The monoisotopic (exact) mass is 628 g/mol. The van der Waals surface area contributed by atoms with E-state index in [1.54, 1.807) is 97.9 Å². The molecule has 0 fully saturated rings. The fourth-order valence-electron chi connectivity index (χ4n) is 3.88. The number of para-hydroxylation sites is 1. The number of hydrogen-bond acceptors (Lipinski definition) is 7. The van der Waals surface area contributed by atoms with Crippen molar-refractivity contribution in [3.63, 3.8) is 0 Å². The molecule has 0 aliphatic rings. The smallest absolute Gasteiger partial charge is 0.345 e. The molecule has 0 aromatic heterocycles. The molecule has 0 saturated carbocycles. The van der Waals surface area contributed by atoms with Crippen LogP contribution in [0.5, 0.6) is 5.75 Å². The van der Waals surface area contributed by atoms with Crippen LogP contribution in [-0.4, -0.2) is 42.7 Å². The minimum atomic E-state index is -1.19. The molecule has 0 aliphatic carbocycles. The summed E-state index contributed by atoms with van der Waals surface area (Å²) in [5.41, 5.74) is 1.26. The van der Waals surface area contributed by atoms with Gasteiger partial charge in [-0.25, -0.2) is 19.2 Å². The molecule has 0 aliphatic heterocycles. The van der Waals surface area contributed by atoms with Crippen LogP contribution in [0, 0.1) is 0 Å². The van der Waals surface area contributed by atoms with Crippen molar-refractivity contribution in [1.82, 2.24) is 0 Å². The van der Waals surface area contributed by atoms with E-state index in [4.69, 9.17) is 9.47 Å². The molecule has 0 heterocycles. The van der Waals surface area contributed by atoms with Crippen molar-refractivity contribution in [2.45, 2.75) is 52.4 Å². The van der Waals surface area contributed by atoms with Gasteiger partial charge in [-0.05, 0) is 36.6 Å². The third kappa shape index (κ3) is 15.5. The summed E-state index contributed by atoms with van der Waals surface area (Å²) in [6.07, 6.45) is 8.47. The highest BCUT2D eigenvalue weighted by Crippen LogP contribution is 2.28. The van der Waals surface area contributed by atoms with Crippen LogP contribution < -0.4 is 4.74 Å². The van der Waals surface area contributed by atoms with Crippen LogP contribution >= 0.6 is 0 Å². The van der Waals surface area contributed by atoms with E-state index < -0.39 is 11.9 Å². The number of benzene rings is 3. The molecule has 0 radical (unpaired) electrons. The van der Waals surface area contributed by atoms with Gasteiger partial charge >= 0.3 is 23.9 Å². The van der Waals surface area contributed by atoms with Gasteiger partial charge in [0, 0.05) is 11.6 Å². The quantitative estimate of drug-likeness (QED) is 0.0626. The first-order chi connectivity index (χ1) is 22.2. The van der Waals surface area contributed by atoms with Gasteiger partial charge in [-0.3, -0.25) is 0 Å². The Labute approximate surface area is 272 Å². The first-order valence-electron chi connectivity index (χ1n) is 15.0. The Morgan fingerprint density at radius 3 is 1.63 bits per heavy atom. The van der Waals surface area contributed by atoms with Gasteiger partial charge in [0.15, 0.2) is 0 Å². The Balaban J connectivity index is 0.000000441. The van der Waals surface area contributed by atoms with Crippen molar-refractivity contribution < 1.29 is 38.5 Å². The number of rotatable bonds is 14. The summed E-state index contributed by atoms with van der Waals surface area (Å²) in [7, 11) is 1.33. The Hall–Kier alpha value is -5.24. The summed E-state index contributed by atoms with van der Waals surface area (Å²) in [5, 5.41) is 9.81. The van der Waals surface area contributed by atoms with Gasteiger partial charge in [0.2, 0.25) is 0 Å². The molecule has 0 bridgehead atoms. The van der Waals surface area contributed by atoms with Crippen molar-refractivity contribution in [1.29, 1.82) is 0 Å². The van der Waals surface area contributed by atoms with E-state index in [2.05, 4.69) is 24.8 Å². The summed E-state index contributed by atoms with van der Waals surface area (Å²) in [4.78, 5) is 45.7. The van der Waals surface area contributed by atoms with Crippen LogP contribution in [0.4, 0.5) is 0 Å². The molecular formula is C38H44O8. The van der Waals surface area contributed by atoms with Crippen LogP contribution in [0.1, 0.15) is 63.5 Å². The lowest BCUT2D eigenvalue weighted by Crippen LogP contribution is -2.15. The maximum atomic E-state index is 12.9. The first-order valence-corrected chi connectivity index (χ1v) is 15.0. The third-order valence-corrected chi connectivity index (χ3v) is 6.19. The predicted octanol–water partition coefficient (Wildman–Crippen LogP) is 8.10. The van der Waals surface area contributed by atoms with E-state index in [-0.39, 0.29) is 23.1 Å². The first kappa shape index (κ1) is 38.8. The second-order valence-electron chi connectivity index (χ2n) is 9.90. The second-order valence-corrected chi connectivity index (χ2v) is 9.90. The fraction of sp³-hybridized carbons (Fsp3) is 0.263. The van der Waals surface area contributed by atoms with E-state index in [0.717, 1.165) is 12.8 Å². The second kappa shape index (κ2) is 23.2. The summed E-state index contributed by atoms with van der Waals surface area (Å²) < 4.78 is 14.5. The highest BCUT2D eigenvalue weighted by atomic mass is 16.5. The zero-order valence-corrected chi connectivity index (χ0v) is 26.9. The van der Waals surface area contributed by atoms with Gasteiger partial charge in [-0.15, -0.1) is 0 Å². The number of hydrogen-bond donors (Lipinski definition) is 1. The van der Waals surface area contributed by atoms with Gasteiger partial charge in [0.1, 0.15) is 5.75 Å². The van der Waals surface area contributed by atoms with Crippen LogP contribution in [-0.2, 0) is 28.7 Å². The Bertz CT molecular complexity index is 1410. The molecule has 0 atom stereocenters. The van der Waals surface area contributed by atoms with Gasteiger partial charge in [0.05, 0.1) is 24.9 Å². The molecule has 0 spiro atoms. The molecule has 0 unspecified atom stereocenters. The lowest BCUT2D eigenvalue weighted by atomic mass is 9.94. The van der Waals surface area contributed by atoms with Gasteiger partial charge < -0.3 is 19.3 Å². The van der Waals surface area contributed by atoms with E-state index in [0.29, 0.717) is 29.1 Å². The van der Waals surface area contributed by atoms with Gasteiger partial charge in [-0.2, -0.15) is 0 Å². The zero-order chi connectivity index (χ0) is 34.2. The fourth-order valence-corrected chi connectivity index (χ4v) is 3.88. The highest BCUT2D eigenvalue weighted by molar-refractivity contribution is 6.37. The normalized spacial score (nSPS) is 10.3. The van der Waals surface area contributed by atoms with Crippen LogP contribution in [0.25, 0.3) is 11.1 Å². The number of ether oxygens (including phenoxy) is 3. The van der Waals surface area contributed by atoms with Crippen molar-refractivity contribution in [2.75, 3.05) is 13.7 Å². The number of carbonyl (C=O) groups is 4. The SMILES string of the molecule is C=C(C)C(=O)OC.C=CC(=O)OCCCCCCCC.O=C(O)/C(=C(\C(=O)Oc1ccccc1)c1ccccc1)c1ccccc1. The van der Waals surface area contributed by atoms with Crippen LogP contribution in [0.15, 0.2) is 116 Å². The number of esters is 3. The number of carboxylic acid groups (broad SMARTS) is 1. The lowest BCUT2D eigenvalue weighted by molar-refractivity contribution is -0.138. The molecule has 8 nitrogen and oxygen atoms in total. The van der Waals surface area contributed by atoms with Gasteiger partial charge in [-0.1, -0.05) is 131 Å². The summed E-state index contributed by atoms with van der Waals surface area (Å²) in [6, 6.07) is 25.8. The van der Waals surface area contributed by atoms with E-state index in [1.807, 2.05) is 0 Å². The van der Waals surface area contributed by atoms with Gasteiger partial charge in [0.25, 0.3) is 0 Å². The van der Waals surface area contributed by atoms with Crippen molar-refractivity contribution in [3.8, 4) is 5.75 Å². The average Bonchev–Trinajstić information content (AvgIpc) is 3.07. The maximum absolute atomic E-state index is 12.9. The number of unbranched alkanes of at least 4 members (excludes halogenated alkanes) is 5. The van der Waals surface area contributed by atoms with Crippen molar-refractivity contribution in [2.24, 2.45) is 0 Å². The lowest BCUT2D eigenvalue weighted by Gasteiger charge is -2.13. The topological polar surface area (TPSA) is 116 Å². The Morgan fingerprint density at radius 2 is 1.20 bits per heavy atom. The van der Waals surface area contributed by atoms with Crippen molar-refractivity contribution in [3.05, 3.63) is 127 Å².